The van der Waals surface area contributed by atoms with Crippen LogP contribution >= 0.6 is 0 Å². The number of aromatic nitrogens is 2. The van der Waals surface area contributed by atoms with Gasteiger partial charge in [-0.15, -0.1) is 0 Å². The van der Waals surface area contributed by atoms with Gasteiger partial charge in [-0.25, -0.2) is 4.98 Å². The Hall–Kier alpha value is -1.43. The normalized spacial score (nSPS) is 17.4. The van der Waals surface area contributed by atoms with Crippen molar-refractivity contribution in [1.82, 2.24) is 19.8 Å². The monoisotopic (exact) mass is 274 g/mol. The Morgan fingerprint density at radius 2 is 2.05 bits per heavy atom. The van der Waals surface area contributed by atoms with Crippen LogP contribution in [0.4, 0.5) is 0 Å². The summed E-state index contributed by atoms with van der Waals surface area (Å²) in [6.45, 7) is 6.32. The van der Waals surface area contributed by atoms with E-state index in [2.05, 4.69) is 25.8 Å². The lowest BCUT2D eigenvalue weighted by molar-refractivity contribution is 0.253. The van der Waals surface area contributed by atoms with E-state index < -0.39 is 0 Å². The fourth-order valence-electron chi connectivity index (χ4n) is 2.86. The minimum Gasteiger partial charge on any atom is -0.388 e. The lowest BCUT2D eigenvalue weighted by atomic mass is 10.3. The maximum absolute atomic E-state index is 9.49. The quantitative estimate of drug-likeness (QED) is 0.867. The van der Waals surface area contributed by atoms with E-state index in [1.807, 2.05) is 18.2 Å². The number of fused-ring (bicyclic) bond motifs is 1. The number of aliphatic hydroxyl groups excluding tert-OH is 1. The topological polar surface area (TPSA) is 53.3 Å². The smallest absolute Gasteiger partial charge is 0.135 e. The highest BCUT2D eigenvalue weighted by Crippen LogP contribution is 2.16. The van der Waals surface area contributed by atoms with Crippen molar-refractivity contribution < 1.29 is 5.11 Å². The summed E-state index contributed by atoms with van der Waals surface area (Å²) in [5.41, 5.74) is 2.08. The zero-order chi connectivity index (χ0) is 13.8. The number of para-hydroxylation sites is 2. The van der Waals surface area contributed by atoms with Gasteiger partial charge >= 0.3 is 0 Å². The standard InChI is InChI=1S/C15H22N4O/c20-12-15-17-13-4-1-2-5-14(13)19(15)11-10-18-8-3-6-16-7-9-18/h1-2,4-5,16,20H,3,6-12H2. The highest BCUT2D eigenvalue weighted by Gasteiger charge is 2.12. The van der Waals surface area contributed by atoms with Crippen LogP contribution in [0.25, 0.3) is 11.0 Å². The molecular formula is C15H22N4O. The molecular weight excluding hydrogens is 252 g/mol. The molecule has 5 nitrogen and oxygen atoms in total. The molecule has 20 heavy (non-hydrogen) atoms. The van der Waals surface area contributed by atoms with Crippen molar-refractivity contribution in [2.45, 2.75) is 19.6 Å². The molecule has 0 bridgehead atoms. The molecule has 2 heterocycles. The van der Waals surface area contributed by atoms with Crippen LogP contribution in [0.5, 0.6) is 0 Å². The first-order chi connectivity index (χ1) is 9.88. The summed E-state index contributed by atoms with van der Waals surface area (Å²) in [4.78, 5) is 6.98. The molecule has 3 rings (SSSR count). The van der Waals surface area contributed by atoms with E-state index in [4.69, 9.17) is 0 Å². The van der Waals surface area contributed by atoms with Gasteiger partial charge in [0.05, 0.1) is 11.0 Å². The van der Waals surface area contributed by atoms with Crippen molar-refractivity contribution in [3.05, 3.63) is 30.1 Å². The highest BCUT2D eigenvalue weighted by molar-refractivity contribution is 5.75. The molecule has 108 valence electrons. The first kappa shape index (κ1) is 13.5. The number of aliphatic hydroxyl groups is 1. The zero-order valence-electron chi connectivity index (χ0n) is 11.8. The van der Waals surface area contributed by atoms with Crippen LogP contribution in [-0.2, 0) is 13.2 Å². The zero-order valence-corrected chi connectivity index (χ0v) is 11.8. The minimum atomic E-state index is -0.00373. The van der Waals surface area contributed by atoms with E-state index in [-0.39, 0.29) is 6.61 Å². The number of nitrogens with one attached hydrogen (secondary N) is 1. The number of rotatable bonds is 4. The lowest BCUT2D eigenvalue weighted by Gasteiger charge is -2.20. The van der Waals surface area contributed by atoms with E-state index >= 15 is 0 Å². The van der Waals surface area contributed by atoms with Gasteiger partial charge in [-0.2, -0.15) is 0 Å². The van der Waals surface area contributed by atoms with E-state index in [0.717, 1.165) is 56.1 Å². The van der Waals surface area contributed by atoms with Gasteiger partial charge < -0.3 is 19.9 Å². The molecule has 1 aromatic heterocycles. The molecule has 0 radical (unpaired) electrons. The highest BCUT2D eigenvalue weighted by atomic mass is 16.3. The Bertz CT molecular complexity index is 558. The number of hydrogen-bond donors (Lipinski definition) is 2. The van der Waals surface area contributed by atoms with Crippen LogP contribution in [0.3, 0.4) is 0 Å². The molecule has 1 fully saturated rings. The van der Waals surface area contributed by atoms with Gasteiger partial charge in [0.1, 0.15) is 12.4 Å². The molecule has 1 aliphatic heterocycles. The Labute approximate surface area is 119 Å². The largest absolute Gasteiger partial charge is 0.388 e. The molecule has 1 aliphatic rings. The molecule has 5 heteroatoms. The molecule has 0 aliphatic carbocycles. The van der Waals surface area contributed by atoms with Gasteiger partial charge in [0.2, 0.25) is 0 Å². The molecule has 1 aromatic carbocycles. The van der Waals surface area contributed by atoms with Crippen LogP contribution in [-0.4, -0.2) is 52.3 Å². The SMILES string of the molecule is OCc1nc2ccccc2n1CCN1CCCNCC1. The van der Waals surface area contributed by atoms with E-state index in [0.29, 0.717) is 0 Å². The fraction of sp³-hybridized carbons (Fsp3) is 0.533. The van der Waals surface area contributed by atoms with Crippen LogP contribution < -0.4 is 5.32 Å². The molecule has 2 N–H and O–H groups in total. The van der Waals surface area contributed by atoms with E-state index in [1.54, 1.807) is 0 Å². The Balaban J connectivity index is 1.75. The molecule has 0 atom stereocenters. The maximum atomic E-state index is 9.49. The van der Waals surface area contributed by atoms with Gasteiger partial charge in [0.25, 0.3) is 0 Å². The second-order valence-corrected chi connectivity index (χ2v) is 5.27. The second kappa shape index (κ2) is 6.35. The third-order valence-corrected chi connectivity index (χ3v) is 3.95. The molecule has 0 amide bonds. The van der Waals surface area contributed by atoms with E-state index in [9.17, 15) is 5.11 Å². The predicted octanol–water partition coefficient (Wildman–Crippen LogP) is 0.824. The van der Waals surface area contributed by atoms with Crippen molar-refractivity contribution in [3.63, 3.8) is 0 Å². The third-order valence-electron chi connectivity index (χ3n) is 3.95. The maximum Gasteiger partial charge on any atom is 0.135 e. The van der Waals surface area contributed by atoms with Gasteiger partial charge in [-0.3, -0.25) is 0 Å². The summed E-state index contributed by atoms with van der Waals surface area (Å²) >= 11 is 0. The lowest BCUT2D eigenvalue weighted by Crippen LogP contribution is -2.31. The van der Waals surface area contributed by atoms with Crippen LogP contribution in [0.15, 0.2) is 24.3 Å². The van der Waals surface area contributed by atoms with Crippen molar-refractivity contribution in [2.24, 2.45) is 0 Å². The van der Waals surface area contributed by atoms with Crippen molar-refractivity contribution in [3.8, 4) is 0 Å². The Morgan fingerprint density at radius 1 is 1.15 bits per heavy atom. The van der Waals surface area contributed by atoms with Crippen molar-refractivity contribution >= 4 is 11.0 Å². The fourth-order valence-corrected chi connectivity index (χ4v) is 2.86. The third kappa shape index (κ3) is 2.85. The van der Waals surface area contributed by atoms with Crippen LogP contribution in [0.1, 0.15) is 12.2 Å². The van der Waals surface area contributed by atoms with Gasteiger partial charge in [0, 0.05) is 26.2 Å². The summed E-state index contributed by atoms with van der Waals surface area (Å²) in [6.07, 6.45) is 1.21. The van der Waals surface area contributed by atoms with Gasteiger partial charge in [0.15, 0.2) is 0 Å². The number of nitrogens with zero attached hydrogens (tertiary/aromatic N) is 3. The van der Waals surface area contributed by atoms with Crippen molar-refractivity contribution in [2.75, 3.05) is 32.7 Å². The molecule has 0 unspecified atom stereocenters. The van der Waals surface area contributed by atoms with Gasteiger partial charge in [-0.05, 0) is 31.6 Å². The molecule has 0 spiro atoms. The Kier molecular flexibility index (Phi) is 4.30. The summed E-state index contributed by atoms with van der Waals surface area (Å²) in [6, 6.07) is 8.09. The van der Waals surface area contributed by atoms with E-state index in [1.165, 1.54) is 6.42 Å². The summed E-state index contributed by atoms with van der Waals surface area (Å²) in [5.74, 6) is 0.763. The number of imidazole rings is 1. The molecule has 1 saturated heterocycles. The average molecular weight is 274 g/mol. The summed E-state index contributed by atoms with van der Waals surface area (Å²) in [7, 11) is 0. The van der Waals surface area contributed by atoms with Gasteiger partial charge in [-0.1, -0.05) is 12.1 Å². The van der Waals surface area contributed by atoms with Crippen LogP contribution in [0, 0.1) is 0 Å². The first-order valence-corrected chi connectivity index (χ1v) is 7.36. The summed E-state index contributed by atoms with van der Waals surface area (Å²) in [5, 5.41) is 12.9. The average Bonchev–Trinajstić information content (AvgIpc) is 2.65. The summed E-state index contributed by atoms with van der Waals surface area (Å²) < 4.78 is 2.15. The van der Waals surface area contributed by atoms with Crippen molar-refractivity contribution in [1.29, 1.82) is 0 Å². The minimum absolute atomic E-state index is 0.00373. The number of benzene rings is 1. The predicted molar refractivity (Wildman–Crippen MR) is 79.6 cm³/mol. The molecule has 0 saturated carbocycles. The van der Waals surface area contributed by atoms with Crippen LogP contribution in [0.2, 0.25) is 0 Å². The molecule has 2 aromatic rings. The Morgan fingerprint density at radius 3 is 2.95 bits per heavy atom. The first-order valence-electron chi connectivity index (χ1n) is 7.36. The number of hydrogen-bond acceptors (Lipinski definition) is 4. The second-order valence-electron chi connectivity index (χ2n) is 5.27.